The van der Waals surface area contributed by atoms with Gasteiger partial charge in [0.2, 0.25) is 5.95 Å². The van der Waals surface area contributed by atoms with Gasteiger partial charge in [-0.1, -0.05) is 0 Å². The Bertz CT molecular complexity index is 409. The number of hydrogen-bond donors (Lipinski definition) is 2. The van der Waals surface area contributed by atoms with Crippen molar-refractivity contribution in [1.82, 2.24) is 9.55 Å². The van der Waals surface area contributed by atoms with Crippen LogP contribution in [0.1, 0.15) is 35.8 Å². The number of carboxylic acids is 1. The highest BCUT2D eigenvalue weighted by Crippen LogP contribution is 2.44. The van der Waals surface area contributed by atoms with E-state index >= 15 is 0 Å². The number of hydrogen-bond acceptors (Lipinski definition) is 3. The molecule has 0 aromatic carbocycles. The average molecular weight is 207 g/mol. The summed E-state index contributed by atoms with van der Waals surface area (Å²) in [6, 6.07) is 0.460. The zero-order chi connectivity index (χ0) is 10.4. The highest BCUT2D eigenvalue weighted by Gasteiger charge is 2.35. The van der Waals surface area contributed by atoms with E-state index < -0.39 is 5.97 Å². The number of carbonyl (C=O) groups is 1. The van der Waals surface area contributed by atoms with Gasteiger partial charge < -0.3 is 15.0 Å². The van der Waals surface area contributed by atoms with E-state index in [2.05, 4.69) is 10.3 Å². The van der Waals surface area contributed by atoms with E-state index in [9.17, 15) is 4.79 Å². The minimum Gasteiger partial charge on any atom is -0.476 e. The van der Waals surface area contributed by atoms with Gasteiger partial charge in [-0.25, -0.2) is 9.78 Å². The third-order valence-electron chi connectivity index (χ3n) is 3.20. The molecule has 1 unspecified atom stereocenters. The summed E-state index contributed by atoms with van der Waals surface area (Å²) >= 11 is 0. The average Bonchev–Trinajstić information content (AvgIpc) is 2.95. The minimum atomic E-state index is -0.951. The number of fused-ring (bicyclic) bond motifs is 1. The van der Waals surface area contributed by atoms with Crippen LogP contribution in [-0.2, 0) is 0 Å². The summed E-state index contributed by atoms with van der Waals surface area (Å²) in [7, 11) is 0. The standard InChI is InChI=1S/C10H13N3O2/c14-9(15)7-5-13-8(6-1-2-6)3-4-11-10(13)12-7/h5-6,8H,1-4H2,(H,11,12)(H,14,15). The molecule has 1 aliphatic heterocycles. The van der Waals surface area contributed by atoms with Crippen molar-refractivity contribution in [2.45, 2.75) is 25.3 Å². The largest absolute Gasteiger partial charge is 0.476 e. The number of anilines is 1. The first kappa shape index (κ1) is 8.76. The number of rotatable bonds is 2. The Kier molecular flexibility index (Phi) is 1.74. The molecule has 1 aromatic rings. The Labute approximate surface area is 87.1 Å². The molecule has 0 radical (unpaired) electrons. The van der Waals surface area contributed by atoms with E-state index in [1.807, 2.05) is 4.57 Å². The monoisotopic (exact) mass is 207 g/mol. The fourth-order valence-electron chi connectivity index (χ4n) is 2.30. The van der Waals surface area contributed by atoms with E-state index in [1.165, 1.54) is 12.8 Å². The Morgan fingerprint density at radius 2 is 2.33 bits per heavy atom. The number of aromatic nitrogens is 2. The Morgan fingerprint density at radius 1 is 1.53 bits per heavy atom. The molecule has 2 heterocycles. The molecule has 1 fully saturated rings. The molecular weight excluding hydrogens is 194 g/mol. The van der Waals surface area contributed by atoms with E-state index in [4.69, 9.17) is 5.11 Å². The zero-order valence-corrected chi connectivity index (χ0v) is 8.31. The smallest absolute Gasteiger partial charge is 0.356 e. The van der Waals surface area contributed by atoms with Crippen LogP contribution in [0.15, 0.2) is 6.20 Å². The first-order valence-corrected chi connectivity index (χ1v) is 5.32. The summed E-state index contributed by atoms with van der Waals surface area (Å²) < 4.78 is 2.00. The molecule has 1 saturated carbocycles. The first-order chi connectivity index (χ1) is 7.25. The van der Waals surface area contributed by atoms with Crippen LogP contribution in [-0.4, -0.2) is 27.2 Å². The van der Waals surface area contributed by atoms with E-state index in [-0.39, 0.29) is 5.69 Å². The second-order valence-electron chi connectivity index (χ2n) is 4.28. The lowest BCUT2D eigenvalue weighted by atomic mass is 10.1. The maximum Gasteiger partial charge on any atom is 0.356 e. The quantitative estimate of drug-likeness (QED) is 0.768. The predicted molar refractivity (Wildman–Crippen MR) is 54.1 cm³/mol. The lowest BCUT2D eigenvalue weighted by Crippen LogP contribution is -2.23. The number of nitrogens with one attached hydrogen (secondary N) is 1. The molecule has 0 spiro atoms. The maximum absolute atomic E-state index is 10.8. The highest BCUT2D eigenvalue weighted by molar-refractivity contribution is 5.85. The fourth-order valence-corrected chi connectivity index (χ4v) is 2.30. The van der Waals surface area contributed by atoms with Gasteiger partial charge in [0.15, 0.2) is 5.69 Å². The van der Waals surface area contributed by atoms with Gasteiger partial charge in [0.05, 0.1) is 0 Å². The van der Waals surface area contributed by atoms with Crippen LogP contribution in [0, 0.1) is 5.92 Å². The molecular formula is C10H13N3O2. The topological polar surface area (TPSA) is 67.1 Å². The Morgan fingerprint density at radius 3 is 3.00 bits per heavy atom. The lowest BCUT2D eigenvalue weighted by Gasteiger charge is -2.25. The van der Waals surface area contributed by atoms with Crippen LogP contribution in [0.4, 0.5) is 5.95 Å². The second-order valence-corrected chi connectivity index (χ2v) is 4.28. The molecule has 2 N–H and O–H groups in total. The van der Waals surface area contributed by atoms with E-state index in [0.29, 0.717) is 6.04 Å². The summed E-state index contributed by atoms with van der Waals surface area (Å²) in [5.41, 5.74) is 0.144. The van der Waals surface area contributed by atoms with Gasteiger partial charge >= 0.3 is 5.97 Å². The Balaban J connectivity index is 1.98. The SMILES string of the molecule is O=C(O)c1cn2c(n1)NCCC2C1CC1. The third kappa shape index (κ3) is 1.38. The van der Waals surface area contributed by atoms with Crippen LogP contribution in [0.5, 0.6) is 0 Å². The van der Waals surface area contributed by atoms with Gasteiger partial charge in [-0.05, 0) is 25.2 Å². The lowest BCUT2D eigenvalue weighted by molar-refractivity contribution is 0.0691. The van der Waals surface area contributed by atoms with Crippen molar-refractivity contribution in [2.75, 3.05) is 11.9 Å². The van der Waals surface area contributed by atoms with Crippen LogP contribution in [0.25, 0.3) is 0 Å². The van der Waals surface area contributed by atoms with Gasteiger partial charge in [-0.2, -0.15) is 0 Å². The van der Waals surface area contributed by atoms with Gasteiger partial charge in [0.1, 0.15) is 0 Å². The molecule has 3 rings (SSSR count). The number of imidazole rings is 1. The van der Waals surface area contributed by atoms with Crippen molar-refractivity contribution in [2.24, 2.45) is 5.92 Å². The summed E-state index contributed by atoms with van der Waals surface area (Å²) in [5, 5.41) is 12.0. The molecule has 0 saturated heterocycles. The van der Waals surface area contributed by atoms with Crippen LogP contribution >= 0.6 is 0 Å². The molecule has 5 nitrogen and oxygen atoms in total. The van der Waals surface area contributed by atoms with Crippen molar-refractivity contribution in [3.8, 4) is 0 Å². The predicted octanol–water partition coefficient (Wildman–Crippen LogP) is 1.35. The van der Waals surface area contributed by atoms with Crippen molar-refractivity contribution in [3.05, 3.63) is 11.9 Å². The maximum atomic E-state index is 10.8. The molecule has 15 heavy (non-hydrogen) atoms. The van der Waals surface area contributed by atoms with Crippen molar-refractivity contribution in [3.63, 3.8) is 0 Å². The summed E-state index contributed by atoms with van der Waals surface area (Å²) in [5.74, 6) is 0.505. The Hall–Kier alpha value is -1.52. The minimum absolute atomic E-state index is 0.144. The number of carboxylic acid groups (broad SMARTS) is 1. The van der Waals surface area contributed by atoms with Gasteiger partial charge in [0.25, 0.3) is 0 Å². The molecule has 80 valence electrons. The van der Waals surface area contributed by atoms with Crippen LogP contribution < -0.4 is 5.32 Å². The van der Waals surface area contributed by atoms with Crippen molar-refractivity contribution in [1.29, 1.82) is 0 Å². The van der Waals surface area contributed by atoms with Gasteiger partial charge in [-0.3, -0.25) is 0 Å². The highest BCUT2D eigenvalue weighted by atomic mass is 16.4. The van der Waals surface area contributed by atoms with Crippen molar-refractivity contribution < 1.29 is 9.90 Å². The van der Waals surface area contributed by atoms with Crippen LogP contribution in [0.2, 0.25) is 0 Å². The van der Waals surface area contributed by atoms with E-state index in [1.54, 1.807) is 6.20 Å². The normalized spacial score (nSPS) is 24.4. The molecule has 2 aliphatic rings. The van der Waals surface area contributed by atoms with Gasteiger partial charge in [-0.15, -0.1) is 0 Å². The summed E-state index contributed by atoms with van der Waals surface area (Å²) in [4.78, 5) is 14.9. The van der Waals surface area contributed by atoms with Crippen molar-refractivity contribution >= 4 is 11.9 Å². The number of nitrogens with zero attached hydrogens (tertiary/aromatic N) is 2. The van der Waals surface area contributed by atoms with Gasteiger partial charge in [0, 0.05) is 18.8 Å². The molecule has 1 atom stereocenters. The third-order valence-corrected chi connectivity index (χ3v) is 3.20. The second kappa shape index (κ2) is 2.98. The molecule has 1 aromatic heterocycles. The fraction of sp³-hybridized carbons (Fsp3) is 0.600. The summed E-state index contributed by atoms with van der Waals surface area (Å²) in [6.07, 6.45) is 5.27. The molecule has 0 bridgehead atoms. The molecule has 1 aliphatic carbocycles. The van der Waals surface area contributed by atoms with Crippen LogP contribution in [0.3, 0.4) is 0 Å². The molecule has 5 heteroatoms. The number of aromatic carboxylic acids is 1. The van der Waals surface area contributed by atoms with E-state index in [0.717, 1.165) is 24.8 Å². The summed E-state index contributed by atoms with van der Waals surface area (Å²) in [6.45, 7) is 0.900. The molecule has 0 amide bonds. The first-order valence-electron chi connectivity index (χ1n) is 5.32. The zero-order valence-electron chi connectivity index (χ0n) is 8.31.